The summed E-state index contributed by atoms with van der Waals surface area (Å²) in [6.07, 6.45) is 3.94. The predicted octanol–water partition coefficient (Wildman–Crippen LogP) is 5.17. The molecular weight excluding hydrogens is 381 g/mol. The molecule has 0 amide bonds. The van der Waals surface area contributed by atoms with Crippen LogP contribution >= 0.6 is 0 Å². The molecule has 0 aromatic carbocycles. The molecule has 2 heterocycles. The minimum Gasteiger partial charge on any atom is -0.385 e. The minimum atomic E-state index is -4.63. The van der Waals surface area contributed by atoms with Crippen LogP contribution in [-0.2, 0) is 10.3 Å². The molecule has 0 saturated carbocycles. The number of nitrogens with zero attached hydrogens (tertiary/aromatic N) is 2. The van der Waals surface area contributed by atoms with Gasteiger partial charge in [0.15, 0.2) is 0 Å². The van der Waals surface area contributed by atoms with Gasteiger partial charge in [-0.05, 0) is 32.4 Å². The third kappa shape index (κ3) is 5.84. The van der Waals surface area contributed by atoms with E-state index in [1.54, 1.807) is 13.0 Å². The molecule has 1 aliphatic rings. The number of nitrogens with one attached hydrogen (secondary N) is 1. The number of pyridine rings is 1. The van der Waals surface area contributed by atoms with Crippen LogP contribution in [0, 0.1) is 0 Å². The normalized spacial score (nSPS) is 25.0. The van der Waals surface area contributed by atoms with Crippen LogP contribution < -0.4 is 11.1 Å². The van der Waals surface area contributed by atoms with Crippen molar-refractivity contribution in [2.75, 3.05) is 18.5 Å². The molecule has 0 radical (unpaired) electrons. The highest BCUT2D eigenvalue weighted by Crippen LogP contribution is 2.40. The predicted molar refractivity (Wildman–Crippen MR) is 110 cm³/mol. The second-order valence-corrected chi connectivity index (χ2v) is 8.05. The molecule has 0 unspecified atom stereocenters. The number of nitrogens with two attached hydrogens (primary N) is 1. The van der Waals surface area contributed by atoms with Gasteiger partial charge in [-0.25, -0.2) is 4.98 Å². The van der Waals surface area contributed by atoms with Crippen molar-refractivity contribution in [2.45, 2.75) is 83.0 Å². The molecule has 0 spiro atoms. The Labute approximate surface area is 171 Å². The maximum absolute atomic E-state index is 13.3. The number of rotatable bonds is 10. The molecule has 8 heteroatoms. The van der Waals surface area contributed by atoms with Gasteiger partial charge < -0.3 is 15.8 Å². The molecule has 0 bridgehead atoms. The van der Waals surface area contributed by atoms with Gasteiger partial charge in [-0.15, -0.1) is 0 Å². The summed E-state index contributed by atoms with van der Waals surface area (Å²) in [7, 11) is 0. The Bertz CT molecular complexity index is 695. The summed E-state index contributed by atoms with van der Waals surface area (Å²) in [5.41, 5.74) is 2.56. The third-order valence-electron chi connectivity index (χ3n) is 5.43. The summed E-state index contributed by atoms with van der Waals surface area (Å²) in [6.45, 7) is 5.34. The van der Waals surface area contributed by atoms with E-state index >= 15 is 0 Å². The molecule has 1 aromatic heterocycles. The topological polar surface area (TPSA) is 72.5 Å². The van der Waals surface area contributed by atoms with Crippen LogP contribution in [0.5, 0.6) is 0 Å². The van der Waals surface area contributed by atoms with Gasteiger partial charge in [-0.1, -0.05) is 51.5 Å². The van der Waals surface area contributed by atoms with E-state index in [0.29, 0.717) is 11.5 Å². The van der Waals surface area contributed by atoms with Crippen molar-refractivity contribution in [1.29, 1.82) is 0 Å². The first kappa shape index (κ1) is 23.4. The highest BCUT2D eigenvalue weighted by atomic mass is 19.4. The van der Waals surface area contributed by atoms with Gasteiger partial charge >= 0.3 is 6.18 Å². The van der Waals surface area contributed by atoms with Gasteiger partial charge in [0.25, 0.3) is 0 Å². The number of unbranched alkanes of at least 4 members (excludes halogenated alkanes) is 6. The third-order valence-corrected chi connectivity index (χ3v) is 5.43. The standard InChI is InChI=1S/C21H33F3N4O/c1-4-5-6-7-8-9-10-14-26-17-13-11-12-16(27-17)19(2)15-29-20(3,18(25)28-19)21(22,23)24/h11-13H,4-10,14-15H2,1-3H3,(H2,25,28)(H,26,27)/t19-,20+/m0/s1. The average molecular weight is 415 g/mol. The van der Waals surface area contributed by atoms with Crippen molar-refractivity contribution >= 4 is 11.7 Å². The molecule has 3 N–H and O–H groups in total. The molecular formula is C21H33F3N4O. The first-order valence-corrected chi connectivity index (χ1v) is 10.4. The van der Waals surface area contributed by atoms with Gasteiger partial charge in [-0.3, -0.25) is 4.99 Å². The molecule has 164 valence electrons. The largest absolute Gasteiger partial charge is 0.424 e. The summed E-state index contributed by atoms with van der Waals surface area (Å²) in [4.78, 5) is 8.69. The Kier molecular flexibility index (Phi) is 7.91. The quantitative estimate of drug-likeness (QED) is 0.518. The lowest BCUT2D eigenvalue weighted by Crippen LogP contribution is -2.60. The van der Waals surface area contributed by atoms with E-state index in [9.17, 15) is 13.2 Å². The van der Waals surface area contributed by atoms with Gasteiger partial charge in [0, 0.05) is 6.54 Å². The molecule has 1 aliphatic heterocycles. The fourth-order valence-corrected chi connectivity index (χ4v) is 3.25. The number of hydrogen-bond donors (Lipinski definition) is 2. The van der Waals surface area contributed by atoms with Crippen LogP contribution in [0.15, 0.2) is 23.2 Å². The Morgan fingerprint density at radius 1 is 1.10 bits per heavy atom. The van der Waals surface area contributed by atoms with Crippen LogP contribution in [-0.4, -0.2) is 35.7 Å². The van der Waals surface area contributed by atoms with E-state index < -0.39 is 23.2 Å². The molecule has 2 rings (SSSR count). The highest BCUT2D eigenvalue weighted by Gasteiger charge is 2.59. The van der Waals surface area contributed by atoms with Gasteiger partial charge in [0.2, 0.25) is 5.60 Å². The maximum Gasteiger partial charge on any atom is 0.424 e. The molecule has 0 fully saturated rings. The second kappa shape index (κ2) is 9.78. The van der Waals surface area contributed by atoms with Crippen LogP contribution in [0.2, 0.25) is 0 Å². The number of anilines is 1. The number of amidine groups is 1. The van der Waals surface area contributed by atoms with Crippen LogP contribution in [0.4, 0.5) is 19.0 Å². The maximum atomic E-state index is 13.3. The van der Waals surface area contributed by atoms with Crippen LogP contribution in [0.3, 0.4) is 0 Å². The highest BCUT2D eigenvalue weighted by molar-refractivity contribution is 5.90. The summed E-state index contributed by atoms with van der Waals surface area (Å²) in [5, 5.41) is 3.28. The van der Waals surface area contributed by atoms with Crippen LogP contribution in [0.1, 0.15) is 71.4 Å². The molecule has 0 aliphatic carbocycles. The second-order valence-electron chi connectivity index (χ2n) is 8.05. The lowest BCUT2D eigenvalue weighted by atomic mass is 9.93. The van der Waals surface area contributed by atoms with Crippen molar-refractivity contribution < 1.29 is 17.9 Å². The van der Waals surface area contributed by atoms with Gasteiger partial charge in [0.05, 0.1) is 12.3 Å². The number of ether oxygens (including phenoxy) is 1. The van der Waals surface area contributed by atoms with Crippen molar-refractivity contribution in [3.8, 4) is 0 Å². The zero-order valence-corrected chi connectivity index (χ0v) is 17.6. The van der Waals surface area contributed by atoms with E-state index in [1.807, 2.05) is 12.1 Å². The van der Waals surface area contributed by atoms with Crippen LogP contribution in [0.25, 0.3) is 0 Å². The van der Waals surface area contributed by atoms with E-state index in [4.69, 9.17) is 10.5 Å². The molecule has 1 aromatic rings. The summed E-state index contributed by atoms with van der Waals surface area (Å²) in [5.74, 6) is 0.0922. The van der Waals surface area contributed by atoms with Crippen molar-refractivity contribution in [1.82, 2.24) is 4.98 Å². The van der Waals surface area contributed by atoms with E-state index in [1.165, 1.54) is 38.5 Å². The molecule has 29 heavy (non-hydrogen) atoms. The fourth-order valence-electron chi connectivity index (χ4n) is 3.25. The van der Waals surface area contributed by atoms with Crippen molar-refractivity contribution in [2.24, 2.45) is 10.7 Å². The first-order chi connectivity index (χ1) is 13.6. The lowest BCUT2D eigenvalue weighted by molar-refractivity contribution is -0.249. The minimum absolute atomic E-state index is 0.252. The van der Waals surface area contributed by atoms with E-state index in [2.05, 4.69) is 22.2 Å². The smallest absolute Gasteiger partial charge is 0.385 e. The average Bonchev–Trinajstić information content (AvgIpc) is 2.66. The summed E-state index contributed by atoms with van der Waals surface area (Å²) >= 11 is 0. The number of aliphatic imine (C=N–C) groups is 1. The zero-order chi connectivity index (χ0) is 21.5. The Balaban J connectivity index is 1.95. The summed E-state index contributed by atoms with van der Waals surface area (Å²) < 4.78 is 45.0. The SMILES string of the molecule is CCCCCCCCCNc1cccc([C@]2(C)CO[C@@](C)(C(F)(F)F)C(N)=N2)n1. The zero-order valence-electron chi connectivity index (χ0n) is 17.6. The Morgan fingerprint density at radius 2 is 1.76 bits per heavy atom. The fraction of sp³-hybridized carbons (Fsp3) is 0.714. The van der Waals surface area contributed by atoms with E-state index in [0.717, 1.165) is 19.9 Å². The Hall–Kier alpha value is -1.83. The Morgan fingerprint density at radius 3 is 2.38 bits per heavy atom. The van der Waals surface area contributed by atoms with Gasteiger partial charge in [0.1, 0.15) is 17.2 Å². The van der Waals surface area contributed by atoms with Crippen molar-refractivity contribution in [3.63, 3.8) is 0 Å². The number of alkyl halides is 3. The molecule has 5 nitrogen and oxygen atoms in total. The molecule has 0 saturated heterocycles. The van der Waals surface area contributed by atoms with Crippen molar-refractivity contribution in [3.05, 3.63) is 23.9 Å². The number of aromatic nitrogens is 1. The first-order valence-electron chi connectivity index (χ1n) is 10.4. The lowest BCUT2D eigenvalue weighted by Gasteiger charge is -2.40. The number of halogens is 3. The monoisotopic (exact) mass is 414 g/mol. The van der Waals surface area contributed by atoms with E-state index in [-0.39, 0.29) is 6.61 Å². The van der Waals surface area contributed by atoms with Gasteiger partial charge in [-0.2, -0.15) is 13.2 Å². The number of hydrogen-bond acceptors (Lipinski definition) is 5. The molecule has 2 atom stereocenters. The summed E-state index contributed by atoms with van der Waals surface area (Å²) in [6, 6.07) is 5.38.